The highest BCUT2D eigenvalue weighted by Crippen LogP contribution is 2.26. The van der Waals surface area contributed by atoms with Crippen molar-refractivity contribution in [2.24, 2.45) is 0 Å². The molecule has 2 heterocycles. The van der Waals surface area contributed by atoms with Crippen LogP contribution in [0.3, 0.4) is 0 Å². The number of hydrogen-bond acceptors (Lipinski definition) is 3. The largest absolute Gasteiger partial charge is 0.388 e. The van der Waals surface area contributed by atoms with E-state index in [1.54, 1.807) is 0 Å². The Hall–Kier alpha value is -1.59. The molecule has 2 aliphatic rings. The highest BCUT2D eigenvalue weighted by molar-refractivity contribution is 5.75. The summed E-state index contributed by atoms with van der Waals surface area (Å²) < 4.78 is 0. The predicted octanol–water partition coefficient (Wildman–Crippen LogP) is 3.00. The monoisotopic (exact) mass is 359 g/mol. The maximum Gasteiger partial charge on any atom is 0.317 e. The van der Waals surface area contributed by atoms with E-state index in [4.69, 9.17) is 0 Å². The average Bonchev–Trinajstić information content (AvgIpc) is 3.09. The minimum Gasteiger partial charge on any atom is -0.388 e. The van der Waals surface area contributed by atoms with Crippen LogP contribution in [0.1, 0.15) is 55.3 Å². The summed E-state index contributed by atoms with van der Waals surface area (Å²) in [5.74, 6) is 0. The Bertz CT molecular complexity index is 632. The van der Waals surface area contributed by atoms with Crippen molar-refractivity contribution in [3.05, 3.63) is 34.9 Å². The fraction of sp³-hybridized carbons (Fsp3) is 0.667. The van der Waals surface area contributed by atoms with Crippen molar-refractivity contribution in [1.82, 2.24) is 15.1 Å². The number of likely N-dealkylation sites (tertiary alicyclic amines) is 2. The van der Waals surface area contributed by atoms with Gasteiger partial charge in [0.15, 0.2) is 0 Å². The molecular formula is C21H33N3O2. The van der Waals surface area contributed by atoms with Gasteiger partial charge in [-0.1, -0.05) is 23.8 Å². The molecule has 2 N–H and O–H groups in total. The predicted molar refractivity (Wildman–Crippen MR) is 104 cm³/mol. The number of hydrogen-bond donors (Lipinski definition) is 2. The number of aliphatic hydroxyl groups is 1. The van der Waals surface area contributed by atoms with Crippen LogP contribution < -0.4 is 5.32 Å². The number of benzene rings is 1. The summed E-state index contributed by atoms with van der Waals surface area (Å²) in [6, 6.07) is 6.30. The van der Waals surface area contributed by atoms with Crippen molar-refractivity contribution in [2.45, 2.75) is 58.1 Å². The number of nitrogens with zero attached hydrogens (tertiary/aromatic N) is 2. The number of aryl methyl sites for hydroxylation is 2. The van der Waals surface area contributed by atoms with Crippen LogP contribution in [0.5, 0.6) is 0 Å². The van der Waals surface area contributed by atoms with Crippen LogP contribution in [0.2, 0.25) is 0 Å². The zero-order valence-corrected chi connectivity index (χ0v) is 16.4. The van der Waals surface area contributed by atoms with Gasteiger partial charge in [0.2, 0.25) is 0 Å². The molecule has 2 fully saturated rings. The number of urea groups is 1. The van der Waals surface area contributed by atoms with E-state index in [0.29, 0.717) is 25.9 Å². The number of rotatable bonds is 4. The SMILES string of the molecule is Cc1ccc(C)c([C@@H](C)NC(=O)N2CCC(O)(CN3CCCC3)CC2)c1. The normalized spacial score (nSPS) is 21.6. The smallest absolute Gasteiger partial charge is 0.317 e. The standard InChI is InChI=1S/C21H33N3O2/c1-16-6-7-17(2)19(14-16)18(3)22-20(25)24-12-8-21(26,9-13-24)15-23-10-4-5-11-23/h6-7,14,18,26H,4-5,8-13,15H2,1-3H3,(H,22,25)/t18-/m1/s1. The van der Waals surface area contributed by atoms with E-state index < -0.39 is 5.60 Å². The molecule has 0 bridgehead atoms. The van der Waals surface area contributed by atoms with Gasteiger partial charge in [-0.15, -0.1) is 0 Å². The molecule has 2 amide bonds. The Balaban J connectivity index is 1.52. The van der Waals surface area contributed by atoms with Gasteiger partial charge in [0, 0.05) is 19.6 Å². The number of carbonyl (C=O) groups is 1. The summed E-state index contributed by atoms with van der Waals surface area (Å²) in [7, 11) is 0. The van der Waals surface area contributed by atoms with Crippen LogP contribution in [0.15, 0.2) is 18.2 Å². The Kier molecular flexibility index (Phi) is 5.88. The number of carbonyl (C=O) groups excluding carboxylic acids is 1. The third kappa shape index (κ3) is 4.57. The molecule has 0 aliphatic carbocycles. The minimum absolute atomic E-state index is 0.0205. The summed E-state index contributed by atoms with van der Waals surface area (Å²) in [5.41, 5.74) is 2.93. The summed E-state index contributed by atoms with van der Waals surface area (Å²) in [4.78, 5) is 16.9. The quantitative estimate of drug-likeness (QED) is 0.869. The molecule has 1 aromatic carbocycles. The van der Waals surface area contributed by atoms with Crippen molar-refractivity contribution >= 4 is 6.03 Å². The third-order valence-electron chi connectivity index (χ3n) is 5.94. The number of piperidine rings is 1. The van der Waals surface area contributed by atoms with Crippen LogP contribution in [0, 0.1) is 13.8 Å². The fourth-order valence-electron chi connectivity index (χ4n) is 4.22. The fourth-order valence-corrected chi connectivity index (χ4v) is 4.22. The van der Waals surface area contributed by atoms with Crippen molar-refractivity contribution in [3.63, 3.8) is 0 Å². The van der Waals surface area contributed by atoms with Crippen LogP contribution in [-0.2, 0) is 0 Å². The van der Waals surface area contributed by atoms with Gasteiger partial charge in [-0.3, -0.25) is 0 Å². The first-order valence-electron chi connectivity index (χ1n) is 9.94. The lowest BCUT2D eigenvalue weighted by molar-refractivity contribution is -0.0340. The average molecular weight is 360 g/mol. The molecule has 1 atom stereocenters. The van der Waals surface area contributed by atoms with Crippen LogP contribution >= 0.6 is 0 Å². The lowest BCUT2D eigenvalue weighted by Crippen LogP contribution is -2.53. The maximum atomic E-state index is 12.7. The molecule has 3 rings (SSSR count). The van der Waals surface area contributed by atoms with E-state index in [1.807, 2.05) is 11.8 Å². The van der Waals surface area contributed by atoms with E-state index in [1.165, 1.54) is 29.5 Å². The van der Waals surface area contributed by atoms with Crippen LogP contribution in [-0.4, -0.2) is 59.3 Å². The summed E-state index contributed by atoms with van der Waals surface area (Å²) >= 11 is 0. The molecule has 1 aromatic rings. The van der Waals surface area contributed by atoms with E-state index >= 15 is 0 Å². The van der Waals surface area contributed by atoms with Crippen molar-refractivity contribution in [1.29, 1.82) is 0 Å². The number of β-amino-alcohol motifs (C(OH)–C–C–N with tert-alkyl or cyclic N) is 1. The highest BCUT2D eigenvalue weighted by atomic mass is 16.3. The van der Waals surface area contributed by atoms with Crippen molar-refractivity contribution in [3.8, 4) is 0 Å². The molecule has 0 unspecified atom stereocenters. The van der Waals surface area contributed by atoms with Crippen LogP contribution in [0.25, 0.3) is 0 Å². The first-order valence-corrected chi connectivity index (χ1v) is 9.94. The van der Waals surface area contributed by atoms with E-state index in [9.17, 15) is 9.90 Å². The topological polar surface area (TPSA) is 55.8 Å². The van der Waals surface area contributed by atoms with E-state index in [0.717, 1.165) is 19.6 Å². The summed E-state index contributed by atoms with van der Waals surface area (Å²) in [6.45, 7) is 10.4. The van der Waals surface area contributed by atoms with Gasteiger partial charge >= 0.3 is 6.03 Å². The third-order valence-corrected chi connectivity index (χ3v) is 5.94. The zero-order chi connectivity index (χ0) is 18.7. The first kappa shape index (κ1) is 19.2. The molecule has 26 heavy (non-hydrogen) atoms. The Morgan fingerprint density at radius 3 is 2.50 bits per heavy atom. The lowest BCUT2D eigenvalue weighted by Gasteiger charge is -2.40. The number of nitrogens with one attached hydrogen (secondary N) is 1. The Labute approximate surface area is 157 Å². The molecule has 144 valence electrons. The van der Waals surface area contributed by atoms with Gasteiger partial charge in [-0.2, -0.15) is 0 Å². The molecule has 2 aliphatic heterocycles. The zero-order valence-electron chi connectivity index (χ0n) is 16.4. The van der Waals surface area contributed by atoms with Crippen molar-refractivity contribution in [2.75, 3.05) is 32.7 Å². The van der Waals surface area contributed by atoms with Gasteiger partial charge in [0.25, 0.3) is 0 Å². The Morgan fingerprint density at radius 2 is 1.85 bits per heavy atom. The highest BCUT2D eigenvalue weighted by Gasteiger charge is 2.36. The number of amides is 2. The second kappa shape index (κ2) is 7.97. The lowest BCUT2D eigenvalue weighted by atomic mass is 9.91. The second-order valence-electron chi connectivity index (χ2n) is 8.23. The molecule has 0 spiro atoms. The van der Waals surface area contributed by atoms with Gasteiger partial charge in [0.05, 0.1) is 11.6 Å². The summed E-state index contributed by atoms with van der Waals surface area (Å²) in [5, 5.41) is 14.0. The molecule has 0 aromatic heterocycles. The molecule has 0 saturated carbocycles. The molecule has 2 saturated heterocycles. The first-order chi connectivity index (χ1) is 12.4. The second-order valence-corrected chi connectivity index (χ2v) is 8.23. The van der Waals surface area contributed by atoms with Gasteiger partial charge in [-0.25, -0.2) is 4.79 Å². The van der Waals surface area contributed by atoms with E-state index in [2.05, 4.69) is 42.3 Å². The van der Waals surface area contributed by atoms with Gasteiger partial charge in [0.1, 0.15) is 0 Å². The maximum absolute atomic E-state index is 12.7. The Morgan fingerprint density at radius 1 is 1.19 bits per heavy atom. The molecule has 5 nitrogen and oxygen atoms in total. The van der Waals surface area contributed by atoms with E-state index in [-0.39, 0.29) is 12.1 Å². The molecule has 5 heteroatoms. The minimum atomic E-state index is -0.639. The van der Waals surface area contributed by atoms with Crippen molar-refractivity contribution < 1.29 is 9.90 Å². The van der Waals surface area contributed by atoms with Crippen LogP contribution in [0.4, 0.5) is 4.79 Å². The summed E-state index contributed by atoms with van der Waals surface area (Å²) in [6.07, 6.45) is 3.80. The van der Waals surface area contributed by atoms with Gasteiger partial charge < -0.3 is 20.2 Å². The molecule has 0 radical (unpaired) electrons. The molecular weight excluding hydrogens is 326 g/mol. The van der Waals surface area contributed by atoms with Gasteiger partial charge in [-0.05, 0) is 70.7 Å².